The number of hydrogen-bond acceptors (Lipinski definition) is 4. The van der Waals surface area contributed by atoms with E-state index in [2.05, 4.69) is 10.7 Å². The number of para-hydroxylation sites is 1. The van der Waals surface area contributed by atoms with E-state index in [1.54, 1.807) is 35.8 Å². The molecular formula is C24H20N3O4+. The first-order valence-corrected chi connectivity index (χ1v) is 9.57. The van der Waals surface area contributed by atoms with Crippen molar-refractivity contribution in [1.29, 1.82) is 0 Å². The van der Waals surface area contributed by atoms with Gasteiger partial charge in [-0.05, 0) is 29.7 Å². The van der Waals surface area contributed by atoms with Crippen molar-refractivity contribution in [2.24, 2.45) is 0 Å². The fraction of sp³-hybridized carbons (Fsp3) is 0. The van der Waals surface area contributed by atoms with Gasteiger partial charge in [-0.2, -0.15) is 0 Å². The smallest absolute Gasteiger partial charge is 0.335 e. The number of anilines is 2. The first-order chi connectivity index (χ1) is 15.0. The average molecular weight is 414 g/mol. The molecule has 7 nitrogen and oxygen atoms in total. The van der Waals surface area contributed by atoms with Crippen LogP contribution in [0, 0.1) is 0 Å². The topological polar surface area (TPSA) is 115 Å². The molecule has 0 spiro atoms. The lowest BCUT2D eigenvalue weighted by Gasteiger charge is -2.14. The van der Waals surface area contributed by atoms with E-state index in [1.165, 1.54) is 12.1 Å². The van der Waals surface area contributed by atoms with Crippen LogP contribution in [0.2, 0.25) is 0 Å². The molecule has 0 aliphatic heterocycles. The van der Waals surface area contributed by atoms with Crippen molar-refractivity contribution >= 4 is 39.7 Å². The van der Waals surface area contributed by atoms with Gasteiger partial charge >= 0.3 is 5.97 Å². The number of hydrogen-bond donors (Lipinski definition) is 5. The maximum absolute atomic E-state index is 12.9. The van der Waals surface area contributed by atoms with Crippen molar-refractivity contribution < 1.29 is 25.2 Å². The molecule has 0 bridgehead atoms. The first kappa shape index (κ1) is 19.9. The number of fused-ring (bicyclic) bond motifs is 1. The predicted molar refractivity (Wildman–Crippen MR) is 119 cm³/mol. The van der Waals surface area contributed by atoms with Gasteiger partial charge in [0.05, 0.1) is 11.1 Å². The van der Waals surface area contributed by atoms with Crippen LogP contribution in [0.4, 0.5) is 17.1 Å². The highest BCUT2D eigenvalue weighted by Gasteiger charge is 2.19. The Bertz CT molecular complexity index is 1270. The molecule has 0 radical (unpaired) electrons. The van der Waals surface area contributed by atoms with E-state index in [9.17, 15) is 19.8 Å². The lowest BCUT2D eigenvalue weighted by atomic mass is 10.0. The number of carboxylic acid groups (broad SMARTS) is 1. The largest absolute Gasteiger partial charge is 0.505 e. The summed E-state index contributed by atoms with van der Waals surface area (Å²) in [6.07, 6.45) is 0. The molecular weight excluding hydrogens is 394 g/mol. The Morgan fingerprint density at radius 1 is 0.839 bits per heavy atom. The molecule has 0 unspecified atom stereocenters. The minimum atomic E-state index is -1.02. The monoisotopic (exact) mass is 414 g/mol. The van der Waals surface area contributed by atoms with Gasteiger partial charge in [0.25, 0.3) is 5.91 Å². The van der Waals surface area contributed by atoms with Crippen LogP contribution in [0.25, 0.3) is 10.8 Å². The Hall–Kier alpha value is -4.36. The van der Waals surface area contributed by atoms with Crippen LogP contribution in [0.15, 0.2) is 84.9 Å². The van der Waals surface area contributed by atoms with Crippen LogP contribution in [-0.2, 0) is 0 Å². The molecule has 4 aromatic carbocycles. The minimum absolute atomic E-state index is 0.123. The second-order valence-corrected chi connectivity index (χ2v) is 6.91. The summed E-state index contributed by atoms with van der Waals surface area (Å²) in [6, 6.07) is 24.4. The minimum Gasteiger partial charge on any atom is -0.505 e. The number of carbonyl (C=O) groups is 2. The van der Waals surface area contributed by atoms with Gasteiger partial charge in [0.1, 0.15) is 5.69 Å². The van der Waals surface area contributed by atoms with Crippen molar-refractivity contribution in [3.63, 3.8) is 0 Å². The Balaban J connectivity index is 1.69. The van der Waals surface area contributed by atoms with E-state index in [0.29, 0.717) is 17.1 Å². The summed E-state index contributed by atoms with van der Waals surface area (Å²) in [5.41, 5.74) is 6.50. The average Bonchev–Trinajstić information content (AvgIpc) is 2.79. The molecule has 0 aromatic heterocycles. The summed E-state index contributed by atoms with van der Waals surface area (Å²) in [4.78, 5) is 24.1. The number of amides is 1. The van der Waals surface area contributed by atoms with Gasteiger partial charge in [0.2, 0.25) is 0 Å². The molecule has 0 aliphatic carbocycles. The van der Waals surface area contributed by atoms with Crippen LogP contribution in [-0.4, -0.2) is 22.1 Å². The molecule has 7 heteroatoms. The van der Waals surface area contributed by atoms with E-state index in [4.69, 9.17) is 0 Å². The van der Waals surface area contributed by atoms with E-state index < -0.39 is 11.9 Å². The number of aromatic carboxylic acids is 1. The third kappa shape index (κ3) is 4.31. The van der Waals surface area contributed by atoms with Crippen LogP contribution in [0.1, 0.15) is 20.7 Å². The van der Waals surface area contributed by atoms with Gasteiger partial charge < -0.3 is 15.5 Å². The molecule has 0 heterocycles. The van der Waals surface area contributed by atoms with E-state index >= 15 is 0 Å². The van der Waals surface area contributed by atoms with Crippen LogP contribution in [0.5, 0.6) is 5.75 Å². The second-order valence-electron chi connectivity index (χ2n) is 6.91. The zero-order valence-electron chi connectivity index (χ0n) is 16.4. The highest BCUT2D eigenvalue weighted by molar-refractivity contribution is 6.12. The Morgan fingerprint density at radius 2 is 1.58 bits per heavy atom. The normalized spacial score (nSPS) is 10.6. The molecule has 6 N–H and O–H groups in total. The summed E-state index contributed by atoms with van der Waals surface area (Å²) < 4.78 is 0. The number of quaternary nitrogens is 1. The zero-order valence-corrected chi connectivity index (χ0v) is 16.4. The van der Waals surface area contributed by atoms with E-state index in [1.807, 2.05) is 42.5 Å². The number of benzene rings is 4. The predicted octanol–water partition coefficient (Wildman–Crippen LogP) is 3.72. The van der Waals surface area contributed by atoms with Crippen molar-refractivity contribution in [1.82, 2.24) is 0 Å². The molecule has 31 heavy (non-hydrogen) atoms. The van der Waals surface area contributed by atoms with Gasteiger partial charge in [-0.25, -0.2) is 15.6 Å². The van der Waals surface area contributed by atoms with Gasteiger partial charge in [-0.15, -0.1) is 0 Å². The Kier molecular flexibility index (Phi) is 5.51. The fourth-order valence-corrected chi connectivity index (χ4v) is 3.29. The summed E-state index contributed by atoms with van der Waals surface area (Å²) in [5, 5.41) is 24.4. The van der Waals surface area contributed by atoms with Gasteiger partial charge in [0, 0.05) is 23.2 Å². The standard InChI is InChI=1S/C24H19N3O4/c28-22-20(23(29)25-17-9-2-1-3-10-17)14-15-7-4-5-12-19(15)21(22)27-26-18-11-6-8-16(13-18)24(30)31/h1-14,26-28H,(H,25,29)(H,30,31)/p+1. The maximum Gasteiger partial charge on any atom is 0.335 e. The Morgan fingerprint density at radius 3 is 2.35 bits per heavy atom. The highest BCUT2D eigenvalue weighted by atomic mass is 16.4. The molecule has 154 valence electrons. The van der Waals surface area contributed by atoms with Crippen LogP contribution < -0.4 is 16.2 Å². The molecule has 0 aliphatic rings. The van der Waals surface area contributed by atoms with Crippen molar-refractivity contribution in [2.75, 3.05) is 10.7 Å². The fourth-order valence-electron chi connectivity index (χ4n) is 3.29. The number of phenolic OH excluding ortho intramolecular Hbond substituents is 1. The molecule has 0 fully saturated rings. The third-order valence-electron chi connectivity index (χ3n) is 4.81. The number of nitrogens with one attached hydrogen (secondary N) is 2. The van der Waals surface area contributed by atoms with Crippen molar-refractivity contribution in [3.05, 3.63) is 96.1 Å². The molecule has 0 atom stereocenters. The molecule has 4 aromatic rings. The zero-order chi connectivity index (χ0) is 21.8. The number of rotatable bonds is 6. The molecule has 0 saturated carbocycles. The SMILES string of the molecule is O=C(O)c1cccc([NH2+]Nc2c(O)c(C(=O)Nc3ccccc3)cc3ccccc23)c1. The first-order valence-electron chi connectivity index (χ1n) is 9.57. The number of nitrogens with two attached hydrogens (primary N) is 1. The number of nitrogen functional groups attached to an aromatic ring is 1. The summed E-state index contributed by atoms with van der Waals surface area (Å²) in [7, 11) is 0. The van der Waals surface area contributed by atoms with Crippen LogP contribution >= 0.6 is 0 Å². The lowest BCUT2D eigenvalue weighted by molar-refractivity contribution is -0.538. The summed E-state index contributed by atoms with van der Waals surface area (Å²) >= 11 is 0. The summed E-state index contributed by atoms with van der Waals surface area (Å²) in [6.45, 7) is 0. The van der Waals surface area contributed by atoms with Crippen molar-refractivity contribution in [2.45, 2.75) is 0 Å². The maximum atomic E-state index is 12.9. The molecule has 0 saturated heterocycles. The quantitative estimate of drug-likeness (QED) is 0.143. The van der Waals surface area contributed by atoms with E-state index in [-0.39, 0.29) is 16.9 Å². The second kappa shape index (κ2) is 8.56. The van der Waals surface area contributed by atoms with Crippen LogP contribution in [0.3, 0.4) is 0 Å². The molecule has 4 rings (SSSR count). The van der Waals surface area contributed by atoms with E-state index in [0.717, 1.165) is 10.8 Å². The number of carboxylic acids is 1. The highest BCUT2D eigenvalue weighted by Crippen LogP contribution is 2.35. The Labute approximate surface area is 177 Å². The van der Waals surface area contributed by atoms with Crippen molar-refractivity contribution in [3.8, 4) is 5.75 Å². The lowest BCUT2D eigenvalue weighted by Crippen LogP contribution is -2.82. The number of aromatic hydroxyl groups is 1. The van der Waals surface area contributed by atoms with Gasteiger partial charge in [-0.1, -0.05) is 48.5 Å². The third-order valence-corrected chi connectivity index (χ3v) is 4.81. The number of phenols is 1. The van der Waals surface area contributed by atoms with Gasteiger partial charge in [-0.3, -0.25) is 4.79 Å². The van der Waals surface area contributed by atoms with Gasteiger partial charge in [0.15, 0.2) is 11.4 Å². The molecule has 1 amide bonds. The number of carbonyl (C=O) groups excluding carboxylic acids is 1. The summed E-state index contributed by atoms with van der Waals surface area (Å²) in [5.74, 6) is -1.66.